The van der Waals surface area contributed by atoms with Gasteiger partial charge in [-0.25, -0.2) is 4.98 Å². The molecule has 0 unspecified atom stereocenters. The van der Waals surface area contributed by atoms with Crippen LogP contribution in [0.5, 0.6) is 0 Å². The Bertz CT molecular complexity index is 1050. The molecule has 3 heterocycles. The minimum Gasteiger partial charge on any atom is -0.310 e. The van der Waals surface area contributed by atoms with Crippen LogP contribution in [0.2, 0.25) is 5.02 Å². The van der Waals surface area contributed by atoms with Crippen molar-refractivity contribution in [3.63, 3.8) is 0 Å². The monoisotopic (exact) mass is 413 g/mol. The molecule has 0 radical (unpaired) electrons. The minimum atomic E-state index is -0.152. The van der Waals surface area contributed by atoms with Crippen molar-refractivity contribution in [1.29, 1.82) is 0 Å². The van der Waals surface area contributed by atoms with Crippen LogP contribution >= 0.6 is 22.9 Å². The summed E-state index contributed by atoms with van der Waals surface area (Å²) in [6, 6.07) is 12.3. The fourth-order valence-corrected chi connectivity index (χ4v) is 4.61. The van der Waals surface area contributed by atoms with Crippen LogP contribution in [0.15, 0.2) is 41.2 Å². The number of hydrogen-bond donors (Lipinski definition) is 1. The van der Waals surface area contributed by atoms with Gasteiger partial charge >= 0.3 is 0 Å². The van der Waals surface area contributed by atoms with E-state index >= 15 is 0 Å². The fraction of sp³-hybridized carbons (Fsp3) is 0.364. The second-order valence-corrected chi connectivity index (χ2v) is 9.93. The van der Waals surface area contributed by atoms with E-state index in [2.05, 4.69) is 42.8 Å². The first-order valence-corrected chi connectivity index (χ1v) is 10.7. The summed E-state index contributed by atoms with van der Waals surface area (Å²) >= 11 is 7.78. The van der Waals surface area contributed by atoms with Crippen LogP contribution in [-0.2, 0) is 24.9 Å². The third-order valence-electron chi connectivity index (χ3n) is 5.03. The van der Waals surface area contributed by atoms with Crippen molar-refractivity contribution < 1.29 is 0 Å². The molecule has 1 aliphatic heterocycles. The number of hydrogen-bond acceptors (Lipinski definition) is 4. The number of thiophene rings is 1. The summed E-state index contributed by atoms with van der Waals surface area (Å²) in [6.45, 7) is 8.63. The third-order valence-corrected chi connectivity index (χ3v) is 6.40. The molecule has 1 aliphatic rings. The molecule has 6 heteroatoms. The molecule has 4 rings (SSSR count). The van der Waals surface area contributed by atoms with Crippen LogP contribution in [-0.4, -0.2) is 21.4 Å². The first kappa shape index (κ1) is 19.4. The van der Waals surface area contributed by atoms with Gasteiger partial charge in [-0.05, 0) is 29.8 Å². The molecule has 0 saturated heterocycles. The Labute approximate surface area is 174 Å². The van der Waals surface area contributed by atoms with Crippen LogP contribution in [0.3, 0.4) is 0 Å². The van der Waals surface area contributed by atoms with Gasteiger partial charge in [0.25, 0.3) is 5.56 Å². The van der Waals surface area contributed by atoms with Gasteiger partial charge in [0.2, 0.25) is 0 Å². The molecule has 0 saturated carbocycles. The summed E-state index contributed by atoms with van der Waals surface area (Å²) in [5.74, 6) is 0.774. The van der Waals surface area contributed by atoms with Gasteiger partial charge in [0.05, 0.1) is 11.3 Å². The van der Waals surface area contributed by atoms with E-state index in [1.807, 2.05) is 24.3 Å². The zero-order valence-electron chi connectivity index (χ0n) is 16.4. The Balaban J connectivity index is 1.50. The average molecular weight is 414 g/mol. The molecule has 0 atom stereocenters. The quantitative estimate of drug-likeness (QED) is 0.656. The van der Waals surface area contributed by atoms with Gasteiger partial charge in [0.1, 0.15) is 5.82 Å². The molecule has 1 N–H and O–H groups in total. The molecule has 0 bridgehead atoms. The summed E-state index contributed by atoms with van der Waals surface area (Å²) in [7, 11) is 0. The van der Waals surface area contributed by atoms with E-state index in [1.54, 1.807) is 11.3 Å². The van der Waals surface area contributed by atoms with Crippen LogP contribution in [0.4, 0.5) is 0 Å². The van der Waals surface area contributed by atoms with Gasteiger partial charge in [0, 0.05) is 46.2 Å². The third kappa shape index (κ3) is 4.07. The van der Waals surface area contributed by atoms with Crippen molar-refractivity contribution in [1.82, 2.24) is 14.9 Å². The summed E-state index contributed by atoms with van der Waals surface area (Å²) in [4.78, 5) is 25.2. The molecule has 3 aromatic rings. The van der Waals surface area contributed by atoms with Gasteiger partial charge in [-0.2, -0.15) is 0 Å². The second kappa shape index (κ2) is 7.47. The van der Waals surface area contributed by atoms with E-state index in [0.29, 0.717) is 6.54 Å². The Morgan fingerprint density at radius 2 is 1.93 bits per heavy atom. The highest BCUT2D eigenvalue weighted by Crippen LogP contribution is 2.30. The predicted octanol–water partition coefficient (Wildman–Crippen LogP) is 5.01. The lowest BCUT2D eigenvalue weighted by atomic mass is 9.95. The van der Waals surface area contributed by atoms with Crippen LogP contribution in [0.25, 0.3) is 10.4 Å². The number of nitrogens with zero attached hydrogens (tertiary/aromatic N) is 2. The molecule has 2 aromatic heterocycles. The number of benzene rings is 1. The number of nitrogens with one attached hydrogen (secondary N) is 1. The highest BCUT2D eigenvalue weighted by molar-refractivity contribution is 7.15. The normalized spacial score (nSPS) is 14.9. The number of halogens is 1. The fourth-order valence-electron chi connectivity index (χ4n) is 3.42. The van der Waals surface area contributed by atoms with Crippen molar-refractivity contribution in [2.45, 2.75) is 45.7 Å². The molecule has 0 spiro atoms. The average Bonchev–Trinajstić information content (AvgIpc) is 3.10. The topological polar surface area (TPSA) is 49.0 Å². The number of rotatable bonds is 3. The standard InChI is InChI=1S/C22H24ClN3OS/c1-22(2,3)21-24-18-10-11-26(13-17(18)20(27)25-21)12-16-8-9-19(28-16)14-4-6-15(23)7-5-14/h4-9H,10-13H2,1-3H3,(H,24,25,27). The highest BCUT2D eigenvalue weighted by Gasteiger charge is 2.25. The van der Waals surface area contributed by atoms with Crippen molar-refractivity contribution in [3.05, 3.63) is 73.7 Å². The van der Waals surface area contributed by atoms with Crippen molar-refractivity contribution in [3.8, 4) is 10.4 Å². The smallest absolute Gasteiger partial charge is 0.255 e. The first-order chi connectivity index (χ1) is 13.3. The summed E-state index contributed by atoms with van der Waals surface area (Å²) in [5.41, 5.74) is 2.81. The summed E-state index contributed by atoms with van der Waals surface area (Å²) in [5, 5.41) is 0.751. The van der Waals surface area contributed by atoms with Crippen molar-refractivity contribution in [2.24, 2.45) is 0 Å². The molecule has 146 valence electrons. The molecule has 1 aromatic carbocycles. The zero-order valence-corrected chi connectivity index (χ0v) is 18.0. The van der Waals surface area contributed by atoms with E-state index < -0.39 is 0 Å². The zero-order chi connectivity index (χ0) is 19.9. The van der Waals surface area contributed by atoms with Crippen LogP contribution < -0.4 is 5.56 Å². The van der Waals surface area contributed by atoms with E-state index in [0.717, 1.165) is 41.6 Å². The molecule has 0 fully saturated rings. The highest BCUT2D eigenvalue weighted by atomic mass is 35.5. The van der Waals surface area contributed by atoms with Crippen molar-refractivity contribution in [2.75, 3.05) is 6.54 Å². The van der Waals surface area contributed by atoms with E-state index in [9.17, 15) is 4.79 Å². The lowest BCUT2D eigenvalue weighted by Crippen LogP contribution is -2.36. The van der Waals surface area contributed by atoms with Crippen LogP contribution in [0, 0.1) is 0 Å². The van der Waals surface area contributed by atoms with Gasteiger partial charge < -0.3 is 4.98 Å². The maximum atomic E-state index is 12.6. The van der Waals surface area contributed by atoms with Gasteiger partial charge in [-0.15, -0.1) is 11.3 Å². The van der Waals surface area contributed by atoms with Gasteiger partial charge in [-0.1, -0.05) is 44.5 Å². The molecule has 0 amide bonds. The minimum absolute atomic E-state index is 0.00709. The molecule has 0 aliphatic carbocycles. The van der Waals surface area contributed by atoms with E-state index in [1.165, 1.54) is 15.3 Å². The first-order valence-electron chi connectivity index (χ1n) is 9.49. The molecular weight excluding hydrogens is 390 g/mol. The van der Waals surface area contributed by atoms with Crippen LogP contribution in [0.1, 0.15) is 42.7 Å². The SMILES string of the molecule is CC(C)(C)c1nc2c(c(=O)[nH]1)CN(Cc1ccc(-c3ccc(Cl)cc3)s1)CC2. The second-order valence-electron chi connectivity index (χ2n) is 8.32. The largest absolute Gasteiger partial charge is 0.310 e. The van der Waals surface area contributed by atoms with E-state index in [4.69, 9.17) is 16.6 Å². The number of aromatic amines is 1. The number of aromatic nitrogens is 2. The number of H-pyrrole nitrogens is 1. The lowest BCUT2D eigenvalue weighted by Gasteiger charge is -2.28. The van der Waals surface area contributed by atoms with Crippen molar-refractivity contribution >= 4 is 22.9 Å². The lowest BCUT2D eigenvalue weighted by molar-refractivity contribution is 0.243. The molecular formula is C22H24ClN3OS. The Morgan fingerprint density at radius 1 is 1.18 bits per heavy atom. The maximum Gasteiger partial charge on any atom is 0.255 e. The van der Waals surface area contributed by atoms with Gasteiger partial charge in [-0.3, -0.25) is 9.69 Å². The Kier molecular flexibility index (Phi) is 5.17. The predicted molar refractivity (Wildman–Crippen MR) is 116 cm³/mol. The summed E-state index contributed by atoms with van der Waals surface area (Å²) in [6.07, 6.45) is 0.817. The molecule has 4 nitrogen and oxygen atoms in total. The number of fused-ring (bicyclic) bond motifs is 1. The molecule has 28 heavy (non-hydrogen) atoms. The van der Waals surface area contributed by atoms with E-state index in [-0.39, 0.29) is 11.0 Å². The Morgan fingerprint density at radius 3 is 2.64 bits per heavy atom. The summed E-state index contributed by atoms with van der Waals surface area (Å²) < 4.78 is 0. The Hall–Kier alpha value is -1.95. The van der Waals surface area contributed by atoms with Gasteiger partial charge in [0.15, 0.2) is 0 Å². The maximum absolute atomic E-state index is 12.6.